The number of benzene rings is 1. The Labute approximate surface area is 121 Å². The minimum atomic E-state index is 0.363. The first-order valence-electron chi connectivity index (χ1n) is 7.41. The van der Waals surface area contributed by atoms with Crippen LogP contribution in [0.2, 0.25) is 0 Å². The molecule has 4 nitrogen and oxygen atoms in total. The van der Waals surface area contributed by atoms with Crippen LogP contribution in [-0.2, 0) is 4.74 Å². The lowest BCUT2D eigenvalue weighted by Gasteiger charge is -2.21. The molecule has 0 amide bonds. The second-order valence-electron chi connectivity index (χ2n) is 5.47. The highest BCUT2D eigenvalue weighted by Crippen LogP contribution is 2.16. The van der Waals surface area contributed by atoms with Gasteiger partial charge in [0.05, 0.1) is 6.10 Å². The number of anilines is 1. The van der Waals surface area contributed by atoms with Gasteiger partial charge in [-0.2, -0.15) is 0 Å². The fourth-order valence-corrected chi connectivity index (χ4v) is 2.37. The molecular weight excluding hydrogens is 250 g/mol. The highest BCUT2D eigenvalue weighted by Gasteiger charge is 2.12. The van der Waals surface area contributed by atoms with Crippen LogP contribution in [0.15, 0.2) is 23.2 Å². The number of nitrogens with two attached hydrogens (primary N) is 1. The molecule has 1 saturated heterocycles. The maximum Gasteiger partial charge on any atom is 0.193 e. The summed E-state index contributed by atoms with van der Waals surface area (Å²) >= 11 is 0. The first kappa shape index (κ1) is 14.9. The number of aliphatic imine (C=N–C) groups is 1. The lowest BCUT2D eigenvalue weighted by atomic mass is 10.1. The van der Waals surface area contributed by atoms with Gasteiger partial charge in [0.25, 0.3) is 0 Å². The molecule has 110 valence electrons. The van der Waals surface area contributed by atoms with Gasteiger partial charge in [0.1, 0.15) is 0 Å². The van der Waals surface area contributed by atoms with Crippen molar-refractivity contribution in [3.63, 3.8) is 0 Å². The highest BCUT2D eigenvalue weighted by atomic mass is 16.5. The predicted molar refractivity (Wildman–Crippen MR) is 84.2 cm³/mol. The predicted octanol–water partition coefficient (Wildman–Crippen LogP) is 2.99. The van der Waals surface area contributed by atoms with Crippen molar-refractivity contribution >= 4 is 11.6 Å². The monoisotopic (exact) mass is 275 g/mol. The SMILES string of the molecule is Cc1ccc(NC(N)=NCCC2CCCCO2)cc1C. The molecule has 1 atom stereocenters. The zero-order valence-electron chi connectivity index (χ0n) is 12.5. The average Bonchev–Trinajstić information content (AvgIpc) is 2.44. The topological polar surface area (TPSA) is 59.6 Å². The summed E-state index contributed by atoms with van der Waals surface area (Å²) in [4.78, 5) is 4.37. The summed E-state index contributed by atoms with van der Waals surface area (Å²) in [6.45, 7) is 5.80. The van der Waals surface area contributed by atoms with Gasteiger partial charge in [-0.1, -0.05) is 6.07 Å². The molecule has 4 heteroatoms. The minimum absolute atomic E-state index is 0.363. The van der Waals surface area contributed by atoms with E-state index in [1.807, 2.05) is 6.07 Å². The lowest BCUT2D eigenvalue weighted by Crippen LogP contribution is -2.24. The van der Waals surface area contributed by atoms with E-state index < -0.39 is 0 Å². The largest absolute Gasteiger partial charge is 0.378 e. The number of aryl methyl sites for hydroxylation is 2. The van der Waals surface area contributed by atoms with Gasteiger partial charge < -0.3 is 15.8 Å². The Bertz CT molecular complexity index is 465. The van der Waals surface area contributed by atoms with Crippen molar-refractivity contribution in [3.8, 4) is 0 Å². The molecule has 1 fully saturated rings. The van der Waals surface area contributed by atoms with E-state index in [9.17, 15) is 0 Å². The number of guanidine groups is 1. The molecule has 2 rings (SSSR count). The van der Waals surface area contributed by atoms with Crippen molar-refractivity contribution in [1.29, 1.82) is 0 Å². The van der Waals surface area contributed by atoms with E-state index in [4.69, 9.17) is 10.5 Å². The molecule has 1 unspecified atom stereocenters. The zero-order valence-corrected chi connectivity index (χ0v) is 12.5. The Balaban J connectivity index is 1.79. The van der Waals surface area contributed by atoms with E-state index >= 15 is 0 Å². The summed E-state index contributed by atoms with van der Waals surface area (Å²) in [6.07, 6.45) is 4.93. The summed E-state index contributed by atoms with van der Waals surface area (Å²) in [7, 11) is 0. The summed E-state index contributed by atoms with van der Waals surface area (Å²) < 4.78 is 5.68. The van der Waals surface area contributed by atoms with Crippen LogP contribution in [0.25, 0.3) is 0 Å². The molecular formula is C16H25N3O. The Morgan fingerprint density at radius 3 is 2.90 bits per heavy atom. The lowest BCUT2D eigenvalue weighted by molar-refractivity contribution is 0.0129. The molecule has 0 bridgehead atoms. The third-order valence-electron chi connectivity index (χ3n) is 3.79. The Hall–Kier alpha value is -1.55. The molecule has 0 spiro atoms. The normalized spacial score (nSPS) is 19.9. The van der Waals surface area contributed by atoms with Crippen molar-refractivity contribution in [2.45, 2.75) is 45.6 Å². The van der Waals surface area contributed by atoms with Crippen LogP contribution in [-0.4, -0.2) is 25.2 Å². The van der Waals surface area contributed by atoms with Crippen molar-refractivity contribution in [3.05, 3.63) is 29.3 Å². The van der Waals surface area contributed by atoms with E-state index in [1.165, 1.54) is 24.0 Å². The summed E-state index contributed by atoms with van der Waals surface area (Å²) in [5.41, 5.74) is 9.42. The molecule has 3 N–H and O–H groups in total. The molecule has 0 saturated carbocycles. The molecule has 1 heterocycles. The van der Waals surface area contributed by atoms with E-state index in [-0.39, 0.29) is 0 Å². The smallest absolute Gasteiger partial charge is 0.193 e. The molecule has 0 aromatic heterocycles. The van der Waals surface area contributed by atoms with Gasteiger partial charge in [-0.25, -0.2) is 0 Å². The molecule has 0 aliphatic carbocycles. The first-order chi connectivity index (χ1) is 9.65. The van der Waals surface area contributed by atoms with Crippen LogP contribution in [0, 0.1) is 13.8 Å². The number of ether oxygens (including phenoxy) is 1. The standard InChI is InChI=1S/C16H25N3O/c1-12-6-7-14(11-13(12)2)19-16(17)18-9-8-15-5-3-4-10-20-15/h6-7,11,15H,3-5,8-10H2,1-2H3,(H3,17,18,19). The highest BCUT2D eigenvalue weighted by molar-refractivity contribution is 5.92. The third-order valence-corrected chi connectivity index (χ3v) is 3.79. The van der Waals surface area contributed by atoms with Crippen molar-refractivity contribution in [2.24, 2.45) is 10.7 Å². The molecule has 1 aromatic rings. The van der Waals surface area contributed by atoms with Crippen LogP contribution >= 0.6 is 0 Å². The van der Waals surface area contributed by atoms with Gasteiger partial charge >= 0.3 is 0 Å². The second kappa shape index (κ2) is 7.29. The van der Waals surface area contributed by atoms with Gasteiger partial charge in [0, 0.05) is 18.8 Å². The summed E-state index contributed by atoms with van der Waals surface area (Å²) in [5.74, 6) is 0.476. The second-order valence-corrected chi connectivity index (χ2v) is 5.47. The van der Waals surface area contributed by atoms with E-state index in [0.29, 0.717) is 18.6 Å². The van der Waals surface area contributed by atoms with Gasteiger partial charge in [0.15, 0.2) is 5.96 Å². The van der Waals surface area contributed by atoms with Crippen LogP contribution in [0.1, 0.15) is 36.8 Å². The van der Waals surface area contributed by atoms with Crippen LogP contribution in [0.5, 0.6) is 0 Å². The zero-order chi connectivity index (χ0) is 14.4. The van der Waals surface area contributed by atoms with Gasteiger partial charge in [-0.05, 0) is 62.8 Å². The van der Waals surface area contributed by atoms with Gasteiger partial charge in [-0.15, -0.1) is 0 Å². The van der Waals surface area contributed by atoms with Crippen LogP contribution < -0.4 is 11.1 Å². The van der Waals surface area contributed by atoms with E-state index in [0.717, 1.165) is 25.1 Å². The summed E-state index contributed by atoms with van der Waals surface area (Å²) in [5, 5.41) is 3.13. The number of hydrogen-bond donors (Lipinski definition) is 2. The van der Waals surface area contributed by atoms with Gasteiger partial charge in [-0.3, -0.25) is 4.99 Å². The Kier molecular flexibility index (Phi) is 5.41. The fraction of sp³-hybridized carbons (Fsp3) is 0.562. The fourth-order valence-electron chi connectivity index (χ4n) is 2.37. The van der Waals surface area contributed by atoms with E-state index in [2.05, 4.69) is 36.3 Å². The molecule has 1 aromatic carbocycles. The third kappa shape index (κ3) is 4.53. The maximum atomic E-state index is 5.91. The van der Waals surface area contributed by atoms with Crippen molar-refractivity contribution in [2.75, 3.05) is 18.5 Å². The van der Waals surface area contributed by atoms with Crippen LogP contribution in [0.3, 0.4) is 0 Å². The number of nitrogens with one attached hydrogen (secondary N) is 1. The average molecular weight is 275 g/mol. The number of rotatable bonds is 4. The van der Waals surface area contributed by atoms with Crippen LogP contribution in [0.4, 0.5) is 5.69 Å². The number of nitrogens with zero attached hydrogens (tertiary/aromatic N) is 1. The van der Waals surface area contributed by atoms with Gasteiger partial charge in [0.2, 0.25) is 0 Å². The first-order valence-corrected chi connectivity index (χ1v) is 7.41. The molecule has 1 aliphatic rings. The van der Waals surface area contributed by atoms with Crippen molar-refractivity contribution < 1.29 is 4.74 Å². The van der Waals surface area contributed by atoms with Crippen molar-refractivity contribution in [1.82, 2.24) is 0 Å². The summed E-state index contributed by atoms with van der Waals surface area (Å²) in [6, 6.07) is 6.19. The minimum Gasteiger partial charge on any atom is -0.378 e. The molecule has 20 heavy (non-hydrogen) atoms. The molecule has 0 radical (unpaired) electrons. The Morgan fingerprint density at radius 1 is 1.35 bits per heavy atom. The maximum absolute atomic E-state index is 5.91. The van der Waals surface area contributed by atoms with E-state index in [1.54, 1.807) is 0 Å². The quantitative estimate of drug-likeness (QED) is 0.656. The Morgan fingerprint density at radius 2 is 2.20 bits per heavy atom. The molecule has 1 aliphatic heterocycles. The number of hydrogen-bond acceptors (Lipinski definition) is 2.